The molecule has 2 rings (SSSR count). The summed E-state index contributed by atoms with van der Waals surface area (Å²) in [6.45, 7) is 1.84. The predicted molar refractivity (Wildman–Crippen MR) is 94.9 cm³/mol. The van der Waals surface area contributed by atoms with Gasteiger partial charge >= 0.3 is 0 Å². The maximum Gasteiger partial charge on any atom is 0.294 e. The second kappa shape index (κ2) is 9.36. The third-order valence-corrected chi connectivity index (χ3v) is 3.71. The number of nitrogens with zero attached hydrogens (tertiary/aromatic N) is 2. The summed E-state index contributed by atoms with van der Waals surface area (Å²) in [6, 6.07) is 10.4. The number of phenols is 2. The lowest BCUT2D eigenvalue weighted by molar-refractivity contribution is 0.232. The molecule has 0 amide bonds. The average Bonchev–Trinajstić information content (AvgIpc) is 2.58. The van der Waals surface area contributed by atoms with Gasteiger partial charge in [-0.25, -0.2) is 5.48 Å². The molecule has 0 aromatic heterocycles. The maximum absolute atomic E-state index is 10.5. The van der Waals surface area contributed by atoms with E-state index in [0.717, 1.165) is 5.56 Å². The van der Waals surface area contributed by atoms with Crippen molar-refractivity contribution in [3.63, 3.8) is 0 Å². The molecular formula is C15H18N4O6S. The second-order valence-electron chi connectivity index (χ2n) is 4.84. The summed E-state index contributed by atoms with van der Waals surface area (Å²) in [6.07, 6.45) is 1.18. The number of nitrogens with two attached hydrogens (primary N) is 1. The van der Waals surface area contributed by atoms with Crippen molar-refractivity contribution in [2.75, 3.05) is 0 Å². The molecule has 26 heavy (non-hydrogen) atoms. The minimum atomic E-state index is -4.02. The topological polar surface area (TPSA) is 178 Å². The highest BCUT2D eigenvalue weighted by molar-refractivity contribution is 7.85. The molecule has 140 valence electrons. The molecule has 7 N–H and O–H groups in total. The fourth-order valence-corrected chi connectivity index (χ4v) is 2.02. The Bertz CT molecular complexity index is 895. The van der Waals surface area contributed by atoms with Crippen LogP contribution >= 0.6 is 0 Å². The van der Waals surface area contributed by atoms with Gasteiger partial charge in [-0.15, -0.1) is 5.10 Å². The largest absolute Gasteiger partial charge is 0.504 e. The van der Waals surface area contributed by atoms with Crippen molar-refractivity contribution in [2.45, 2.75) is 11.8 Å². The van der Waals surface area contributed by atoms with Crippen LogP contribution in [0.25, 0.3) is 0 Å². The predicted octanol–water partition coefficient (Wildman–Crippen LogP) is 0.967. The molecule has 0 radical (unpaired) electrons. The van der Waals surface area contributed by atoms with Gasteiger partial charge in [0.05, 0.1) is 11.1 Å². The van der Waals surface area contributed by atoms with Crippen molar-refractivity contribution >= 4 is 22.3 Å². The van der Waals surface area contributed by atoms with Crippen LogP contribution < -0.4 is 11.2 Å². The van der Waals surface area contributed by atoms with Crippen molar-refractivity contribution in [3.05, 3.63) is 53.6 Å². The van der Waals surface area contributed by atoms with Gasteiger partial charge in [0.1, 0.15) is 0 Å². The minimum absolute atomic E-state index is 0.0666. The summed E-state index contributed by atoms with van der Waals surface area (Å²) < 4.78 is 29.6. The van der Waals surface area contributed by atoms with E-state index in [1.165, 1.54) is 36.5 Å². The zero-order chi connectivity index (χ0) is 19.7. The summed E-state index contributed by atoms with van der Waals surface area (Å²) in [5.74, 6) is -0.839. The number of phenolic OH excluding ortho intramolecular Hbond substituents is 2. The number of benzene rings is 2. The van der Waals surface area contributed by atoms with Gasteiger partial charge in [0, 0.05) is 5.56 Å². The number of hydrogen-bond acceptors (Lipinski definition) is 7. The average molecular weight is 382 g/mol. The minimum Gasteiger partial charge on any atom is -0.504 e. The molecule has 0 saturated heterocycles. The molecule has 2 aromatic rings. The van der Waals surface area contributed by atoms with Gasteiger partial charge in [0.25, 0.3) is 10.1 Å². The summed E-state index contributed by atoms with van der Waals surface area (Å²) in [5.41, 5.74) is 7.89. The van der Waals surface area contributed by atoms with Crippen molar-refractivity contribution in [2.24, 2.45) is 15.9 Å². The van der Waals surface area contributed by atoms with E-state index in [1.807, 2.05) is 6.92 Å². The molecule has 10 nitrogen and oxygen atoms in total. The Morgan fingerprint density at radius 1 is 1.15 bits per heavy atom. The van der Waals surface area contributed by atoms with Crippen LogP contribution in [0.5, 0.6) is 11.5 Å². The van der Waals surface area contributed by atoms with Gasteiger partial charge in [-0.05, 0) is 31.2 Å². The van der Waals surface area contributed by atoms with E-state index in [9.17, 15) is 13.5 Å². The molecule has 0 aliphatic rings. The number of rotatable bonds is 3. The van der Waals surface area contributed by atoms with E-state index >= 15 is 0 Å². The highest BCUT2D eigenvalue weighted by Crippen LogP contribution is 2.26. The number of hydrogen-bond donors (Lipinski definition) is 6. The van der Waals surface area contributed by atoms with Crippen LogP contribution in [0.4, 0.5) is 0 Å². The van der Waals surface area contributed by atoms with Crippen LogP contribution in [-0.2, 0) is 10.1 Å². The molecular weight excluding hydrogens is 364 g/mol. The van der Waals surface area contributed by atoms with Crippen LogP contribution in [0.1, 0.15) is 11.1 Å². The molecule has 0 bridgehead atoms. The molecule has 0 fully saturated rings. The van der Waals surface area contributed by atoms with Crippen molar-refractivity contribution in [1.29, 1.82) is 0 Å². The number of aromatic hydroxyl groups is 2. The van der Waals surface area contributed by atoms with Crippen LogP contribution in [0, 0.1) is 6.92 Å². The summed E-state index contributed by atoms with van der Waals surface area (Å²) in [5, 5.41) is 33.5. The third-order valence-electron chi connectivity index (χ3n) is 2.84. The Kier molecular flexibility index (Phi) is 7.52. The van der Waals surface area contributed by atoms with E-state index in [4.69, 9.17) is 20.6 Å². The first-order valence-electron chi connectivity index (χ1n) is 6.97. The molecule has 0 atom stereocenters. The van der Waals surface area contributed by atoms with Gasteiger partial charge in [0.15, 0.2) is 11.5 Å². The Hall–Kier alpha value is -3.15. The Morgan fingerprint density at radius 2 is 1.77 bits per heavy atom. The van der Waals surface area contributed by atoms with E-state index < -0.39 is 10.1 Å². The molecule has 0 saturated carbocycles. The molecule has 2 aromatic carbocycles. The van der Waals surface area contributed by atoms with Gasteiger partial charge < -0.3 is 15.9 Å². The van der Waals surface area contributed by atoms with Crippen LogP contribution in [0.15, 0.2) is 57.6 Å². The number of aryl methyl sites for hydroxylation is 1. The molecule has 0 aliphatic carbocycles. The third kappa shape index (κ3) is 6.76. The molecule has 11 heteroatoms. The lowest BCUT2D eigenvalue weighted by atomic mass is 10.2. The highest BCUT2D eigenvalue weighted by Gasteiger charge is 2.06. The summed E-state index contributed by atoms with van der Waals surface area (Å²) in [7, 11) is -4.02. The van der Waals surface area contributed by atoms with Gasteiger partial charge in [-0.2, -0.15) is 13.5 Å². The monoisotopic (exact) mass is 382 g/mol. The fourth-order valence-electron chi connectivity index (χ4n) is 1.54. The van der Waals surface area contributed by atoms with Crippen molar-refractivity contribution < 1.29 is 28.4 Å². The smallest absolute Gasteiger partial charge is 0.294 e. The normalized spacial score (nSPS) is 11.7. The highest BCUT2D eigenvalue weighted by atomic mass is 32.2. The number of nitrogens with one attached hydrogen (secondary N) is 1. The fraction of sp³-hybridized carbons (Fsp3) is 0.0667. The quantitative estimate of drug-likeness (QED) is 0.149. The maximum atomic E-state index is 10.5. The van der Waals surface area contributed by atoms with E-state index in [0.29, 0.717) is 0 Å². The molecule has 0 heterocycles. The van der Waals surface area contributed by atoms with Crippen molar-refractivity contribution in [3.8, 4) is 11.5 Å². The SMILES string of the molecule is Cc1ccc(S(=O)(=O)O)cc1.NC(=NN=Cc1cccc(O)c1O)NO. The summed E-state index contributed by atoms with van der Waals surface area (Å²) in [4.78, 5) is -0.0666. The molecule has 0 unspecified atom stereocenters. The van der Waals surface area contributed by atoms with E-state index in [-0.39, 0.29) is 27.9 Å². The number of guanidine groups is 1. The first kappa shape index (κ1) is 20.9. The lowest BCUT2D eigenvalue weighted by Gasteiger charge is -1.99. The standard InChI is InChI=1S/C8H10N4O3.C7H8O3S/c9-8(12-15)11-10-4-5-2-1-3-6(13)7(5)14;1-6-2-4-7(5-3-6)11(8,9)10/h1-4,13-15H,(H3,9,11,12);2-5H,1H3,(H,8,9,10). The van der Waals surface area contributed by atoms with Gasteiger partial charge in [0.2, 0.25) is 5.96 Å². The zero-order valence-electron chi connectivity index (χ0n) is 13.6. The number of hydroxylamine groups is 1. The van der Waals surface area contributed by atoms with Gasteiger partial charge in [-0.1, -0.05) is 23.8 Å². The van der Waals surface area contributed by atoms with E-state index in [1.54, 1.807) is 17.6 Å². The second-order valence-corrected chi connectivity index (χ2v) is 6.27. The Balaban J connectivity index is 0.000000273. The van der Waals surface area contributed by atoms with E-state index in [2.05, 4.69) is 10.2 Å². The summed E-state index contributed by atoms with van der Waals surface area (Å²) >= 11 is 0. The van der Waals surface area contributed by atoms with Gasteiger partial charge in [-0.3, -0.25) is 9.76 Å². The first-order valence-corrected chi connectivity index (χ1v) is 8.41. The molecule has 0 aliphatic heterocycles. The van der Waals surface area contributed by atoms with Crippen LogP contribution in [-0.4, -0.2) is 40.6 Å². The van der Waals surface area contributed by atoms with Crippen molar-refractivity contribution in [1.82, 2.24) is 5.48 Å². The first-order chi connectivity index (χ1) is 12.1. The Labute approximate surface area is 149 Å². The lowest BCUT2D eigenvalue weighted by Crippen LogP contribution is -2.27. The zero-order valence-corrected chi connectivity index (χ0v) is 14.4. The van der Waals surface area contributed by atoms with Crippen LogP contribution in [0.2, 0.25) is 0 Å². The number of para-hydroxylation sites is 1. The van der Waals surface area contributed by atoms with Crippen LogP contribution in [0.3, 0.4) is 0 Å². The molecule has 0 spiro atoms. The Morgan fingerprint density at radius 3 is 2.31 bits per heavy atom.